The van der Waals surface area contributed by atoms with Crippen molar-refractivity contribution < 1.29 is 24.8 Å². The minimum absolute atomic E-state index is 0.196. The number of hydrogen-bond acceptors (Lipinski definition) is 12. The number of fused-ring (bicyclic) bond motifs is 1. The highest BCUT2D eigenvalue weighted by Crippen LogP contribution is 2.38. The van der Waals surface area contributed by atoms with Gasteiger partial charge in [-0.15, -0.1) is 11.3 Å². The molecule has 0 bridgehead atoms. The minimum atomic E-state index is -1.07. The number of nitrogens with zero attached hydrogens (tertiary/aromatic N) is 4. The Hall–Kier alpha value is -3.58. The van der Waals surface area contributed by atoms with Gasteiger partial charge in [0.2, 0.25) is 5.95 Å². The van der Waals surface area contributed by atoms with Crippen molar-refractivity contribution in [2.45, 2.75) is 44.6 Å². The largest absolute Gasteiger partial charge is 0.497 e. The first kappa shape index (κ1) is 27.0. The van der Waals surface area contributed by atoms with Gasteiger partial charge in [-0.25, -0.2) is 9.97 Å². The third kappa shape index (κ3) is 5.46. The number of thiazole rings is 1. The molecule has 1 saturated carbocycles. The van der Waals surface area contributed by atoms with Crippen LogP contribution in [0.15, 0.2) is 36.7 Å². The van der Waals surface area contributed by atoms with Gasteiger partial charge in [-0.3, -0.25) is 4.98 Å². The van der Waals surface area contributed by atoms with Gasteiger partial charge in [0.25, 0.3) is 0 Å². The number of aromatic nitrogens is 4. The molecule has 5 atom stereocenters. The van der Waals surface area contributed by atoms with Gasteiger partial charge in [-0.1, -0.05) is 0 Å². The molecular weight excluding hydrogens is 520 g/mol. The molecule has 5 rings (SSSR count). The average Bonchev–Trinajstić information content (AvgIpc) is 3.48. The van der Waals surface area contributed by atoms with E-state index in [9.17, 15) is 15.3 Å². The topological polar surface area (TPSA) is 155 Å². The number of nitrogens with one attached hydrogen (secondary N) is 2. The number of aryl methyl sites for hydroxylation is 1. The molecule has 0 radical (unpaired) electrons. The number of hydrogen-bond donors (Lipinski definition) is 5. The van der Waals surface area contributed by atoms with E-state index in [-0.39, 0.29) is 12.6 Å². The van der Waals surface area contributed by atoms with Crippen molar-refractivity contribution in [3.05, 3.63) is 47.9 Å². The van der Waals surface area contributed by atoms with Crippen molar-refractivity contribution in [1.29, 1.82) is 0 Å². The van der Waals surface area contributed by atoms with Gasteiger partial charge < -0.3 is 35.4 Å². The average molecular weight is 553 g/mol. The fraction of sp³-hybridized carbons (Fsp3) is 0.407. The molecule has 1 aliphatic rings. The summed E-state index contributed by atoms with van der Waals surface area (Å²) in [7, 11) is 3.21. The highest BCUT2D eigenvalue weighted by molar-refractivity contribution is 7.21. The lowest BCUT2D eigenvalue weighted by Crippen LogP contribution is -2.35. The van der Waals surface area contributed by atoms with Crippen molar-refractivity contribution in [2.24, 2.45) is 5.92 Å². The van der Waals surface area contributed by atoms with E-state index >= 15 is 0 Å². The summed E-state index contributed by atoms with van der Waals surface area (Å²) in [6.45, 7) is 3.65. The summed E-state index contributed by atoms with van der Waals surface area (Å²) in [5.41, 5.74) is 3.07. The molecule has 1 aliphatic carbocycles. The zero-order valence-corrected chi connectivity index (χ0v) is 22.9. The smallest absolute Gasteiger partial charge is 0.225 e. The fourth-order valence-corrected chi connectivity index (χ4v) is 5.90. The van der Waals surface area contributed by atoms with E-state index in [1.54, 1.807) is 26.6 Å². The summed E-state index contributed by atoms with van der Waals surface area (Å²) in [4.78, 5) is 18.5. The Morgan fingerprint density at radius 3 is 2.46 bits per heavy atom. The second-order valence-corrected chi connectivity index (χ2v) is 10.7. The van der Waals surface area contributed by atoms with Crippen LogP contribution in [-0.4, -0.2) is 74.3 Å². The fourth-order valence-electron chi connectivity index (χ4n) is 4.87. The van der Waals surface area contributed by atoms with Gasteiger partial charge >= 0.3 is 0 Å². The van der Waals surface area contributed by atoms with Crippen LogP contribution in [0.3, 0.4) is 0 Å². The maximum Gasteiger partial charge on any atom is 0.225 e. The molecule has 11 nitrogen and oxygen atoms in total. The zero-order valence-electron chi connectivity index (χ0n) is 22.1. The number of methoxy groups -OCH3 is 2. The highest BCUT2D eigenvalue weighted by atomic mass is 32.1. The molecule has 0 spiro atoms. The number of aliphatic hydroxyl groups excluding tert-OH is 3. The lowest BCUT2D eigenvalue weighted by Gasteiger charge is -2.22. The molecule has 3 aromatic heterocycles. The van der Waals surface area contributed by atoms with Crippen LogP contribution in [0, 0.1) is 12.8 Å². The number of rotatable bonds is 9. The molecule has 1 aromatic carbocycles. The monoisotopic (exact) mass is 552 g/mol. The van der Waals surface area contributed by atoms with Crippen molar-refractivity contribution in [3.63, 3.8) is 0 Å². The van der Waals surface area contributed by atoms with Gasteiger partial charge in [0.05, 0.1) is 54.6 Å². The van der Waals surface area contributed by atoms with Crippen LogP contribution in [0.5, 0.6) is 11.5 Å². The predicted molar refractivity (Wildman–Crippen MR) is 149 cm³/mol. The van der Waals surface area contributed by atoms with Crippen LogP contribution >= 0.6 is 11.3 Å². The zero-order chi connectivity index (χ0) is 27.7. The molecule has 39 heavy (non-hydrogen) atoms. The van der Waals surface area contributed by atoms with Crippen LogP contribution in [0.4, 0.5) is 11.8 Å². The minimum Gasteiger partial charge on any atom is -0.497 e. The van der Waals surface area contributed by atoms with E-state index in [4.69, 9.17) is 24.4 Å². The Morgan fingerprint density at radius 2 is 1.82 bits per heavy atom. The van der Waals surface area contributed by atoms with E-state index in [0.29, 0.717) is 46.0 Å². The lowest BCUT2D eigenvalue weighted by atomic mass is 10.1. The third-order valence-electron chi connectivity index (χ3n) is 7.07. The maximum atomic E-state index is 10.7. The summed E-state index contributed by atoms with van der Waals surface area (Å²) < 4.78 is 11.8. The van der Waals surface area contributed by atoms with Crippen molar-refractivity contribution in [1.82, 2.24) is 19.9 Å². The first-order valence-corrected chi connectivity index (χ1v) is 13.5. The van der Waals surface area contributed by atoms with Crippen LogP contribution < -0.4 is 20.1 Å². The van der Waals surface area contributed by atoms with Gasteiger partial charge in [0.15, 0.2) is 0 Å². The molecule has 0 amide bonds. The Morgan fingerprint density at radius 1 is 1.08 bits per heavy atom. The van der Waals surface area contributed by atoms with Crippen molar-refractivity contribution >= 4 is 33.3 Å². The summed E-state index contributed by atoms with van der Waals surface area (Å²) in [6.07, 6.45) is 1.72. The Kier molecular flexibility index (Phi) is 7.80. The maximum absolute atomic E-state index is 10.7. The summed E-state index contributed by atoms with van der Waals surface area (Å²) in [5.74, 6) is 1.76. The molecule has 0 saturated heterocycles. The Balaban J connectivity index is 1.53. The van der Waals surface area contributed by atoms with E-state index in [2.05, 4.69) is 15.6 Å². The van der Waals surface area contributed by atoms with Gasteiger partial charge in [0.1, 0.15) is 33.9 Å². The lowest BCUT2D eigenvalue weighted by molar-refractivity contribution is 0.00446. The summed E-state index contributed by atoms with van der Waals surface area (Å²) in [5, 5.41) is 38.1. The SMILES string of the molecule is COc1cc(OC)cc(C(C)Nc2nc(C)c(-c3nc4cnccc4s3)c(N[C@@H]3C[C@H](CO)[C@@H](O)[C@H]3O)n2)c1. The number of pyridine rings is 1. The molecule has 3 heterocycles. The predicted octanol–water partition coefficient (Wildman–Crippen LogP) is 3.16. The molecule has 4 aromatic rings. The van der Waals surface area contributed by atoms with Crippen LogP contribution in [0.1, 0.15) is 30.6 Å². The standard InChI is InChI=1S/C27H32N6O5S/c1-13(15-7-17(37-3)10-18(8-15)38-4)29-27-30-14(2)22(26-32-20-11-28-6-5-21(20)39-26)25(33-27)31-19-9-16(12-34)23(35)24(19)36/h5-8,10-11,13,16,19,23-24,34-36H,9,12H2,1-4H3,(H2,29,30,31,33)/t13?,16-,19-,23-,24+/m1/s1. The van der Waals surface area contributed by atoms with Crippen LogP contribution in [0.2, 0.25) is 0 Å². The van der Waals surface area contributed by atoms with Gasteiger partial charge in [0, 0.05) is 24.8 Å². The highest BCUT2D eigenvalue weighted by Gasteiger charge is 2.41. The molecule has 1 unspecified atom stereocenters. The number of aliphatic hydroxyl groups is 3. The molecule has 1 fully saturated rings. The number of benzene rings is 1. The number of anilines is 2. The van der Waals surface area contributed by atoms with Crippen molar-refractivity contribution in [3.8, 4) is 22.1 Å². The Bertz CT molecular complexity index is 1410. The Labute approximate surface area is 229 Å². The molecule has 206 valence electrons. The second-order valence-electron chi connectivity index (χ2n) is 9.64. The first-order valence-electron chi connectivity index (χ1n) is 12.6. The quantitative estimate of drug-likeness (QED) is 0.208. The van der Waals surface area contributed by atoms with E-state index in [1.807, 2.05) is 38.1 Å². The van der Waals surface area contributed by atoms with Gasteiger partial charge in [-0.05, 0) is 44.0 Å². The summed E-state index contributed by atoms with van der Waals surface area (Å²) in [6, 6.07) is 6.83. The normalized spacial score (nSPS) is 21.6. The molecule has 5 N–H and O–H groups in total. The van der Waals surface area contributed by atoms with E-state index < -0.39 is 24.2 Å². The van der Waals surface area contributed by atoms with Crippen LogP contribution in [-0.2, 0) is 0 Å². The summed E-state index contributed by atoms with van der Waals surface area (Å²) >= 11 is 1.50. The van der Waals surface area contributed by atoms with E-state index in [0.717, 1.165) is 15.8 Å². The van der Waals surface area contributed by atoms with Gasteiger partial charge in [-0.2, -0.15) is 4.98 Å². The van der Waals surface area contributed by atoms with Crippen LogP contribution in [0.25, 0.3) is 20.8 Å². The molecular formula is C27H32N6O5S. The van der Waals surface area contributed by atoms with E-state index in [1.165, 1.54) is 11.3 Å². The number of ether oxygens (including phenoxy) is 2. The third-order valence-corrected chi connectivity index (χ3v) is 8.13. The first-order chi connectivity index (χ1) is 18.8. The molecule has 12 heteroatoms. The molecule has 0 aliphatic heterocycles. The van der Waals surface area contributed by atoms with Crippen molar-refractivity contribution in [2.75, 3.05) is 31.5 Å². The second kappa shape index (κ2) is 11.3.